The van der Waals surface area contributed by atoms with Crippen molar-refractivity contribution in [3.8, 4) is 0 Å². The molecule has 1 spiro atoms. The standard InChI is InChI=1S/C30H39N3O/c1-28(2,3)21-26(34)33-20-15-24-23-13-9-10-14-25(23)31-27(24)30(33)18-16-29(17-19-30,32(4)5)22-11-7-6-8-12-22/h6-14,31H,15-21H2,1-5H3. The Bertz CT molecular complexity index is 1180. The van der Waals surface area contributed by atoms with Crippen LogP contribution in [0, 0.1) is 5.41 Å². The molecular weight excluding hydrogens is 418 g/mol. The second-order valence-corrected chi connectivity index (χ2v) is 11.9. The molecular formula is C30H39N3O. The Morgan fingerprint density at radius 3 is 2.26 bits per heavy atom. The van der Waals surface area contributed by atoms with Gasteiger partial charge < -0.3 is 9.88 Å². The topological polar surface area (TPSA) is 39.3 Å². The number of carbonyl (C=O) groups is 1. The molecule has 0 saturated heterocycles. The fourth-order valence-corrected chi connectivity index (χ4v) is 6.68. The van der Waals surface area contributed by atoms with Crippen LogP contribution in [0.2, 0.25) is 0 Å². The summed E-state index contributed by atoms with van der Waals surface area (Å²) in [5.41, 5.74) is 5.01. The molecule has 3 aromatic rings. The highest BCUT2D eigenvalue weighted by Crippen LogP contribution is 2.53. The molecule has 180 valence electrons. The first-order chi connectivity index (χ1) is 16.2. The lowest BCUT2D eigenvalue weighted by molar-refractivity contribution is -0.145. The van der Waals surface area contributed by atoms with Gasteiger partial charge in [-0.05, 0) is 68.8 Å². The Balaban J connectivity index is 1.59. The lowest BCUT2D eigenvalue weighted by Crippen LogP contribution is -2.58. The highest BCUT2D eigenvalue weighted by molar-refractivity contribution is 5.87. The Morgan fingerprint density at radius 1 is 0.971 bits per heavy atom. The van der Waals surface area contributed by atoms with E-state index in [0.29, 0.717) is 12.3 Å². The van der Waals surface area contributed by atoms with Crippen molar-refractivity contribution in [3.05, 3.63) is 71.4 Å². The molecule has 1 fully saturated rings. The minimum Gasteiger partial charge on any atom is -0.356 e. The predicted octanol–water partition coefficient (Wildman–Crippen LogP) is 6.22. The SMILES string of the molecule is CN(C)C1(c2ccccc2)CCC2(CC1)c1[nH]c3ccccc3c1CCN2C(=O)CC(C)(C)C. The summed E-state index contributed by atoms with van der Waals surface area (Å²) in [7, 11) is 4.42. The fraction of sp³-hybridized carbons (Fsp3) is 0.500. The summed E-state index contributed by atoms with van der Waals surface area (Å²) in [6, 6.07) is 19.6. The zero-order chi connectivity index (χ0) is 24.1. The summed E-state index contributed by atoms with van der Waals surface area (Å²) in [4.78, 5) is 22.3. The van der Waals surface area contributed by atoms with E-state index in [1.165, 1.54) is 27.7 Å². The Labute approximate surface area is 204 Å². The first-order valence-corrected chi connectivity index (χ1v) is 12.8. The molecule has 1 aliphatic heterocycles. The van der Waals surface area contributed by atoms with Gasteiger partial charge in [0.1, 0.15) is 0 Å². The van der Waals surface area contributed by atoms with Gasteiger partial charge in [-0.3, -0.25) is 9.69 Å². The van der Waals surface area contributed by atoms with Crippen molar-refractivity contribution in [1.82, 2.24) is 14.8 Å². The van der Waals surface area contributed by atoms with Crippen LogP contribution in [0.5, 0.6) is 0 Å². The summed E-state index contributed by atoms with van der Waals surface area (Å²) in [5, 5.41) is 1.33. The van der Waals surface area contributed by atoms with Gasteiger partial charge in [-0.25, -0.2) is 0 Å². The quantitative estimate of drug-likeness (QED) is 0.507. The smallest absolute Gasteiger partial charge is 0.223 e. The van der Waals surface area contributed by atoms with E-state index in [0.717, 1.165) is 38.6 Å². The molecule has 1 amide bonds. The Hall–Kier alpha value is -2.59. The van der Waals surface area contributed by atoms with Gasteiger partial charge in [0.15, 0.2) is 0 Å². The largest absolute Gasteiger partial charge is 0.356 e. The number of H-pyrrole nitrogens is 1. The third-order valence-electron chi connectivity index (χ3n) is 8.44. The zero-order valence-electron chi connectivity index (χ0n) is 21.4. The van der Waals surface area contributed by atoms with Crippen molar-refractivity contribution in [2.45, 2.75) is 70.4 Å². The number of nitrogens with one attached hydrogen (secondary N) is 1. The number of aromatic amines is 1. The van der Waals surface area contributed by atoms with Crippen LogP contribution in [-0.2, 0) is 22.3 Å². The minimum atomic E-state index is -0.261. The van der Waals surface area contributed by atoms with Crippen LogP contribution < -0.4 is 0 Å². The summed E-state index contributed by atoms with van der Waals surface area (Å²) >= 11 is 0. The van der Waals surface area contributed by atoms with E-state index in [9.17, 15) is 4.79 Å². The second kappa shape index (κ2) is 8.27. The summed E-state index contributed by atoms with van der Waals surface area (Å²) in [6.45, 7) is 7.32. The molecule has 0 bridgehead atoms. The molecule has 1 aliphatic carbocycles. The monoisotopic (exact) mass is 457 g/mol. The summed E-state index contributed by atoms with van der Waals surface area (Å²) < 4.78 is 0. The lowest BCUT2D eigenvalue weighted by atomic mass is 9.65. The molecule has 2 heterocycles. The molecule has 2 aromatic carbocycles. The number of hydrogen-bond donors (Lipinski definition) is 1. The maximum Gasteiger partial charge on any atom is 0.223 e. The van der Waals surface area contributed by atoms with E-state index in [4.69, 9.17) is 0 Å². The van der Waals surface area contributed by atoms with Gasteiger partial charge in [-0.1, -0.05) is 69.3 Å². The number of rotatable bonds is 3. The normalized spacial score (nSPS) is 25.2. The Kier molecular flexibility index (Phi) is 5.63. The number of carbonyl (C=O) groups excluding carboxylic acids is 1. The van der Waals surface area contributed by atoms with Crippen LogP contribution in [0.15, 0.2) is 54.6 Å². The van der Waals surface area contributed by atoms with Gasteiger partial charge in [-0.15, -0.1) is 0 Å². The molecule has 0 radical (unpaired) electrons. The van der Waals surface area contributed by atoms with Gasteiger partial charge in [0, 0.05) is 35.1 Å². The van der Waals surface area contributed by atoms with Crippen molar-refractivity contribution in [1.29, 1.82) is 0 Å². The maximum absolute atomic E-state index is 13.8. The molecule has 2 aliphatic rings. The second-order valence-electron chi connectivity index (χ2n) is 11.9. The van der Waals surface area contributed by atoms with Gasteiger partial charge in [0.2, 0.25) is 5.91 Å². The van der Waals surface area contributed by atoms with Crippen molar-refractivity contribution in [2.24, 2.45) is 5.41 Å². The van der Waals surface area contributed by atoms with Crippen molar-refractivity contribution in [3.63, 3.8) is 0 Å². The number of benzene rings is 2. The third-order valence-corrected chi connectivity index (χ3v) is 8.44. The lowest BCUT2D eigenvalue weighted by Gasteiger charge is -2.55. The molecule has 1 aromatic heterocycles. The maximum atomic E-state index is 13.8. The molecule has 0 atom stereocenters. The first-order valence-electron chi connectivity index (χ1n) is 12.8. The summed E-state index contributed by atoms with van der Waals surface area (Å²) in [5.74, 6) is 0.300. The van der Waals surface area contributed by atoms with E-state index in [-0.39, 0.29) is 16.5 Å². The van der Waals surface area contributed by atoms with Crippen molar-refractivity contribution >= 4 is 16.8 Å². The van der Waals surface area contributed by atoms with Gasteiger partial charge >= 0.3 is 0 Å². The number of hydrogen-bond acceptors (Lipinski definition) is 2. The number of aromatic nitrogens is 1. The minimum absolute atomic E-state index is 0.00508. The number of fused-ring (bicyclic) bond motifs is 4. The van der Waals surface area contributed by atoms with Crippen LogP contribution >= 0.6 is 0 Å². The summed E-state index contributed by atoms with van der Waals surface area (Å²) in [6.07, 6.45) is 5.50. The van der Waals surface area contributed by atoms with Crippen molar-refractivity contribution < 1.29 is 4.79 Å². The first kappa shape index (κ1) is 23.2. The highest BCUT2D eigenvalue weighted by Gasteiger charge is 2.53. The average Bonchev–Trinajstić information content (AvgIpc) is 3.19. The van der Waals surface area contributed by atoms with Crippen LogP contribution in [0.3, 0.4) is 0 Å². The van der Waals surface area contributed by atoms with Crippen molar-refractivity contribution in [2.75, 3.05) is 20.6 Å². The molecule has 1 N–H and O–H groups in total. The van der Waals surface area contributed by atoms with Gasteiger partial charge in [0.25, 0.3) is 0 Å². The zero-order valence-corrected chi connectivity index (χ0v) is 21.4. The third kappa shape index (κ3) is 3.67. The molecule has 5 rings (SSSR count). The number of nitrogens with zero attached hydrogens (tertiary/aromatic N) is 2. The van der Waals surface area contributed by atoms with Gasteiger partial charge in [-0.2, -0.15) is 0 Å². The number of para-hydroxylation sites is 1. The number of amides is 1. The highest BCUT2D eigenvalue weighted by atomic mass is 16.2. The van der Waals surface area contributed by atoms with E-state index in [2.05, 4.69) is 104 Å². The van der Waals surface area contributed by atoms with E-state index in [1.807, 2.05) is 0 Å². The molecule has 1 saturated carbocycles. The van der Waals surface area contributed by atoms with Crippen LogP contribution in [0.1, 0.15) is 69.7 Å². The Morgan fingerprint density at radius 2 is 1.62 bits per heavy atom. The molecule has 34 heavy (non-hydrogen) atoms. The van der Waals surface area contributed by atoms with Crippen LogP contribution in [0.4, 0.5) is 0 Å². The molecule has 4 heteroatoms. The van der Waals surface area contributed by atoms with E-state index in [1.54, 1.807) is 0 Å². The average molecular weight is 458 g/mol. The predicted molar refractivity (Wildman–Crippen MR) is 140 cm³/mol. The van der Waals surface area contributed by atoms with Gasteiger partial charge in [0.05, 0.1) is 5.54 Å². The molecule has 4 nitrogen and oxygen atoms in total. The van der Waals surface area contributed by atoms with E-state index >= 15 is 0 Å². The molecule has 0 unspecified atom stereocenters. The van der Waals surface area contributed by atoms with Crippen LogP contribution in [0.25, 0.3) is 10.9 Å². The fourth-order valence-electron chi connectivity index (χ4n) is 6.68. The van der Waals surface area contributed by atoms with Crippen LogP contribution in [-0.4, -0.2) is 41.3 Å². The van der Waals surface area contributed by atoms with E-state index < -0.39 is 0 Å².